The van der Waals surface area contributed by atoms with E-state index in [2.05, 4.69) is 0 Å². The Kier molecular flexibility index (Phi) is 4.03. The van der Waals surface area contributed by atoms with Crippen molar-refractivity contribution in [2.45, 2.75) is 23.5 Å². The van der Waals surface area contributed by atoms with Gasteiger partial charge in [0, 0.05) is 19.1 Å². The largest absolute Gasteiger partial charge is 0.417 e. The highest BCUT2D eigenvalue weighted by atomic mass is 35.5. The number of hydrogen-bond donors (Lipinski definition) is 1. The molecule has 0 aliphatic carbocycles. The lowest BCUT2D eigenvalue weighted by Gasteiger charge is -2.17. The van der Waals surface area contributed by atoms with Crippen LogP contribution in [-0.4, -0.2) is 31.9 Å². The van der Waals surface area contributed by atoms with E-state index in [0.717, 1.165) is 16.4 Å². The van der Waals surface area contributed by atoms with Crippen molar-refractivity contribution in [1.82, 2.24) is 4.31 Å². The molecule has 20 heavy (non-hydrogen) atoms. The zero-order chi connectivity index (χ0) is 15.1. The second-order valence-corrected chi connectivity index (χ2v) is 6.90. The van der Waals surface area contributed by atoms with Crippen LogP contribution in [0.2, 0.25) is 5.02 Å². The molecule has 1 aliphatic heterocycles. The van der Waals surface area contributed by atoms with E-state index in [1.165, 1.54) is 0 Å². The van der Waals surface area contributed by atoms with Gasteiger partial charge in [-0.25, -0.2) is 8.42 Å². The Labute approximate surface area is 119 Å². The summed E-state index contributed by atoms with van der Waals surface area (Å²) in [6, 6.07) is 2.27. The SMILES string of the molecule is N[C@@H]1CCN(S(=O)(=O)c2ccc(Cl)c(C(F)(F)F)c2)C1. The van der Waals surface area contributed by atoms with E-state index >= 15 is 0 Å². The first-order valence-corrected chi connectivity index (χ1v) is 7.56. The van der Waals surface area contributed by atoms with Crippen LogP contribution in [0.5, 0.6) is 0 Å². The van der Waals surface area contributed by atoms with Gasteiger partial charge in [0.15, 0.2) is 0 Å². The van der Waals surface area contributed by atoms with Gasteiger partial charge in [0.2, 0.25) is 10.0 Å². The highest BCUT2D eigenvalue weighted by Gasteiger charge is 2.36. The lowest BCUT2D eigenvalue weighted by Crippen LogP contribution is -2.32. The summed E-state index contributed by atoms with van der Waals surface area (Å²) in [5, 5.41) is -0.533. The molecule has 2 N–H and O–H groups in total. The van der Waals surface area contributed by atoms with E-state index in [-0.39, 0.29) is 19.1 Å². The van der Waals surface area contributed by atoms with Crippen molar-refractivity contribution in [3.63, 3.8) is 0 Å². The van der Waals surface area contributed by atoms with E-state index in [1.54, 1.807) is 0 Å². The molecule has 2 rings (SSSR count). The first kappa shape index (κ1) is 15.6. The average Bonchev–Trinajstić information content (AvgIpc) is 2.75. The minimum atomic E-state index is -4.70. The quantitative estimate of drug-likeness (QED) is 0.904. The molecule has 1 fully saturated rings. The monoisotopic (exact) mass is 328 g/mol. The van der Waals surface area contributed by atoms with Crippen LogP contribution in [0.4, 0.5) is 13.2 Å². The molecule has 1 heterocycles. The third kappa shape index (κ3) is 2.93. The van der Waals surface area contributed by atoms with Crippen LogP contribution in [-0.2, 0) is 16.2 Å². The van der Waals surface area contributed by atoms with Crippen molar-refractivity contribution in [2.75, 3.05) is 13.1 Å². The van der Waals surface area contributed by atoms with Crippen LogP contribution in [0.15, 0.2) is 23.1 Å². The molecule has 4 nitrogen and oxygen atoms in total. The molecule has 0 unspecified atom stereocenters. The van der Waals surface area contributed by atoms with Gasteiger partial charge in [0.05, 0.1) is 15.5 Å². The van der Waals surface area contributed by atoms with E-state index in [9.17, 15) is 21.6 Å². The van der Waals surface area contributed by atoms with Gasteiger partial charge in [0.25, 0.3) is 0 Å². The van der Waals surface area contributed by atoms with Gasteiger partial charge in [-0.1, -0.05) is 11.6 Å². The average molecular weight is 329 g/mol. The summed E-state index contributed by atoms with van der Waals surface area (Å²) in [6.07, 6.45) is -4.22. The van der Waals surface area contributed by atoms with Crippen molar-refractivity contribution in [3.8, 4) is 0 Å². The zero-order valence-corrected chi connectivity index (χ0v) is 11.8. The van der Waals surface area contributed by atoms with Gasteiger partial charge < -0.3 is 5.73 Å². The van der Waals surface area contributed by atoms with Crippen molar-refractivity contribution >= 4 is 21.6 Å². The Hall–Kier alpha value is -0.830. The molecule has 0 saturated carbocycles. The van der Waals surface area contributed by atoms with E-state index in [0.29, 0.717) is 12.5 Å². The normalized spacial score (nSPS) is 21.4. The third-order valence-corrected chi connectivity index (χ3v) is 5.26. The fourth-order valence-electron chi connectivity index (χ4n) is 2.00. The van der Waals surface area contributed by atoms with Crippen molar-refractivity contribution < 1.29 is 21.6 Å². The Balaban J connectivity index is 2.43. The Morgan fingerprint density at radius 3 is 2.50 bits per heavy atom. The van der Waals surface area contributed by atoms with Gasteiger partial charge in [-0.15, -0.1) is 0 Å². The molecule has 9 heteroatoms. The topological polar surface area (TPSA) is 63.4 Å². The fraction of sp³-hybridized carbons (Fsp3) is 0.455. The van der Waals surface area contributed by atoms with Crippen LogP contribution in [0.25, 0.3) is 0 Å². The first-order chi connectivity index (χ1) is 9.12. The molecule has 1 atom stereocenters. The smallest absolute Gasteiger partial charge is 0.326 e. The van der Waals surface area contributed by atoms with Gasteiger partial charge in [-0.05, 0) is 24.6 Å². The van der Waals surface area contributed by atoms with Gasteiger partial charge in [-0.2, -0.15) is 17.5 Å². The summed E-state index contributed by atoms with van der Waals surface area (Å²) >= 11 is 5.47. The number of sulfonamides is 1. The zero-order valence-electron chi connectivity index (χ0n) is 10.2. The highest BCUT2D eigenvalue weighted by Crippen LogP contribution is 2.36. The first-order valence-electron chi connectivity index (χ1n) is 5.75. The summed E-state index contributed by atoms with van der Waals surface area (Å²) in [5.41, 5.74) is 4.45. The standard InChI is InChI=1S/C11H12ClF3N2O2S/c12-10-2-1-8(5-9(10)11(13,14)15)20(18,19)17-4-3-7(16)6-17/h1-2,5,7H,3-4,6,16H2/t7-/m1/s1. The van der Waals surface area contributed by atoms with E-state index in [1.807, 2.05) is 0 Å². The van der Waals surface area contributed by atoms with Crippen LogP contribution < -0.4 is 5.73 Å². The van der Waals surface area contributed by atoms with E-state index in [4.69, 9.17) is 17.3 Å². The number of alkyl halides is 3. The second kappa shape index (κ2) is 5.18. The molecule has 1 saturated heterocycles. The molecule has 1 aromatic carbocycles. The van der Waals surface area contributed by atoms with Gasteiger partial charge >= 0.3 is 6.18 Å². The lowest BCUT2D eigenvalue weighted by molar-refractivity contribution is -0.137. The van der Waals surface area contributed by atoms with Crippen molar-refractivity contribution in [1.29, 1.82) is 0 Å². The molecule has 0 radical (unpaired) electrons. The molecule has 0 amide bonds. The minimum absolute atomic E-state index is 0.103. The van der Waals surface area contributed by atoms with Crippen LogP contribution in [0.1, 0.15) is 12.0 Å². The Morgan fingerprint density at radius 2 is 2.00 bits per heavy atom. The number of rotatable bonds is 2. The Morgan fingerprint density at radius 1 is 1.35 bits per heavy atom. The van der Waals surface area contributed by atoms with Crippen molar-refractivity contribution in [2.24, 2.45) is 5.73 Å². The van der Waals surface area contributed by atoms with Crippen molar-refractivity contribution in [3.05, 3.63) is 28.8 Å². The molecular formula is C11H12ClF3N2O2S. The van der Waals surface area contributed by atoms with E-state index < -0.39 is 31.7 Å². The summed E-state index contributed by atoms with van der Waals surface area (Å²) in [4.78, 5) is -0.427. The second-order valence-electron chi connectivity index (χ2n) is 4.55. The lowest BCUT2D eigenvalue weighted by atomic mass is 10.2. The third-order valence-electron chi connectivity index (χ3n) is 3.07. The molecule has 112 valence electrons. The number of nitrogens with two attached hydrogens (primary N) is 1. The maximum Gasteiger partial charge on any atom is 0.417 e. The van der Waals surface area contributed by atoms with Gasteiger partial charge in [-0.3, -0.25) is 0 Å². The molecule has 1 aliphatic rings. The molecule has 1 aromatic rings. The maximum atomic E-state index is 12.7. The minimum Gasteiger partial charge on any atom is -0.326 e. The molecule has 0 bridgehead atoms. The van der Waals surface area contributed by atoms with Crippen LogP contribution in [0, 0.1) is 0 Å². The van der Waals surface area contributed by atoms with Crippen LogP contribution in [0.3, 0.4) is 0 Å². The number of nitrogens with zero attached hydrogens (tertiary/aromatic N) is 1. The number of hydrogen-bond acceptors (Lipinski definition) is 3. The molecule has 0 aromatic heterocycles. The summed E-state index contributed by atoms with van der Waals surface area (Å²) in [5.74, 6) is 0. The molecular weight excluding hydrogens is 317 g/mol. The van der Waals surface area contributed by atoms with Crippen LogP contribution >= 0.6 is 11.6 Å². The fourth-order valence-corrected chi connectivity index (χ4v) is 3.77. The van der Waals surface area contributed by atoms with Gasteiger partial charge in [0.1, 0.15) is 0 Å². The maximum absolute atomic E-state index is 12.7. The Bertz CT molecular complexity index is 619. The predicted molar refractivity (Wildman–Crippen MR) is 67.8 cm³/mol. The predicted octanol–water partition coefficient (Wildman–Crippen LogP) is 2.08. The number of benzene rings is 1. The summed E-state index contributed by atoms with van der Waals surface area (Å²) < 4.78 is 63.8. The summed E-state index contributed by atoms with van der Waals surface area (Å²) in [6.45, 7) is 0.305. The highest BCUT2D eigenvalue weighted by molar-refractivity contribution is 7.89. The summed E-state index contributed by atoms with van der Waals surface area (Å²) in [7, 11) is -3.98. The molecule has 0 spiro atoms. The number of halogens is 4.